The van der Waals surface area contributed by atoms with E-state index in [9.17, 15) is 18.8 Å². The summed E-state index contributed by atoms with van der Waals surface area (Å²) in [6.45, 7) is 1.58. The van der Waals surface area contributed by atoms with Crippen LogP contribution in [0.2, 0.25) is 0 Å². The maximum absolute atomic E-state index is 13.5. The van der Waals surface area contributed by atoms with E-state index < -0.39 is 30.3 Å². The molecule has 8 heteroatoms. The van der Waals surface area contributed by atoms with Crippen molar-refractivity contribution >= 4 is 34.9 Å². The van der Waals surface area contributed by atoms with Gasteiger partial charge in [0.2, 0.25) is 0 Å². The predicted octanol–water partition coefficient (Wildman–Crippen LogP) is 3.52. The number of rotatable bonds is 4. The number of urea groups is 1. The number of nitrogens with one attached hydrogen (secondary N) is 2. The number of benzene rings is 1. The highest BCUT2D eigenvalue weighted by Crippen LogP contribution is 2.32. The van der Waals surface area contributed by atoms with Gasteiger partial charge in [-0.05, 0) is 48.9 Å². The molecule has 2 aromatic rings. The molecule has 2 N–H and O–H groups in total. The van der Waals surface area contributed by atoms with E-state index in [0.717, 1.165) is 19.3 Å². The van der Waals surface area contributed by atoms with Crippen LogP contribution in [-0.2, 0) is 22.4 Å². The van der Waals surface area contributed by atoms with Gasteiger partial charge in [0.15, 0.2) is 6.61 Å². The standard InChI is InChI=1S/C19H19FN2O4S/c1-11-6-7-15-12(8-11)9-16(27-15)18(24)26-10-17(23)22-19(25)21-14-5-3-2-4-13(14)20/h2-5,9,11H,6-8,10H2,1H3,(H2,21,22,23,25)/t11-/m1/s1. The molecule has 0 bridgehead atoms. The van der Waals surface area contributed by atoms with Gasteiger partial charge in [0, 0.05) is 4.88 Å². The molecule has 0 spiro atoms. The van der Waals surface area contributed by atoms with Crippen LogP contribution >= 0.6 is 11.3 Å². The summed E-state index contributed by atoms with van der Waals surface area (Å²) < 4.78 is 18.4. The molecule has 1 aliphatic carbocycles. The van der Waals surface area contributed by atoms with Crippen LogP contribution in [-0.4, -0.2) is 24.5 Å². The van der Waals surface area contributed by atoms with Gasteiger partial charge >= 0.3 is 12.0 Å². The fourth-order valence-electron chi connectivity index (χ4n) is 2.89. The van der Waals surface area contributed by atoms with Gasteiger partial charge in [-0.2, -0.15) is 0 Å². The molecular formula is C19H19FN2O4S. The van der Waals surface area contributed by atoms with E-state index in [1.165, 1.54) is 40.0 Å². The number of imide groups is 1. The molecule has 3 amide bonds. The Balaban J connectivity index is 1.48. The van der Waals surface area contributed by atoms with Crippen LogP contribution in [0.25, 0.3) is 0 Å². The number of fused-ring (bicyclic) bond motifs is 1. The number of amides is 3. The molecule has 0 unspecified atom stereocenters. The van der Waals surface area contributed by atoms with Gasteiger partial charge in [-0.1, -0.05) is 19.1 Å². The normalized spacial score (nSPS) is 15.6. The minimum atomic E-state index is -0.901. The van der Waals surface area contributed by atoms with Crippen molar-refractivity contribution in [1.82, 2.24) is 5.32 Å². The molecule has 0 saturated carbocycles. The molecule has 0 radical (unpaired) electrons. The van der Waals surface area contributed by atoms with Gasteiger partial charge in [0.25, 0.3) is 5.91 Å². The minimum Gasteiger partial charge on any atom is -0.451 e. The highest BCUT2D eigenvalue weighted by Gasteiger charge is 2.22. The van der Waals surface area contributed by atoms with Crippen molar-refractivity contribution < 1.29 is 23.5 Å². The van der Waals surface area contributed by atoms with E-state index in [4.69, 9.17) is 4.74 Å². The monoisotopic (exact) mass is 390 g/mol. The van der Waals surface area contributed by atoms with E-state index in [0.29, 0.717) is 10.8 Å². The van der Waals surface area contributed by atoms with Crippen LogP contribution in [0.5, 0.6) is 0 Å². The topological polar surface area (TPSA) is 84.5 Å². The average molecular weight is 390 g/mol. The molecule has 0 fully saturated rings. The Morgan fingerprint density at radius 2 is 2.07 bits per heavy atom. The van der Waals surface area contributed by atoms with E-state index in [1.54, 1.807) is 6.07 Å². The van der Waals surface area contributed by atoms with E-state index in [1.807, 2.05) is 11.4 Å². The summed E-state index contributed by atoms with van der Waals surface area (Å²) in [7, 11) is 0. The minimum absolute atomic E-state index is 0.0572. The quantitative estimate of drug-likeness (QED) is 0.783. The number of hydrogen-bond donors (Lipinski definition) is 2. The lowest BCUT2D eigenvalue weighted by Crippen LogP contribution is -2.37. The smallest absolute Gasteiger partial charge is 0.348 e. The predicted molar refractivity (Wildman–Crippen MR) is 99.4 cm³/mol. The van der Waals surface area contributed by atoms with Gasteiger partial charge in [0.1, 0.15) is 10.7 Å². The second kappa shape index (κ2) is 8.30. The summed E-state index contributed by atoms with van der Waals surface area (Å²) in [5.74, 6) is -1.42. The van der Waals surface area contributed by atoms with Gasteiger partial charge < -0.3 is 10.1 Å². The number of anilines is 1. The molecule has 3 rings (SSSR count). The Morgan fingerprint density at radius 3 is 2.85 bits per heavy atom. The highest BCUT2D eigenvalue weighted by molar-refractivity contribution is 7.14. The molecule has 0 saturated heterocycles. The maximum Gasteiger partial charge on any atom is 0.348 e. The van der Waals surface area contributed by atoms with Crippen molar-refractivity contribution in [3.05, 3.63) is 51.5 Å². The summed E-state index contributed by atoms with van der Waals surface area (Å²) in [6, 6.07) is 6.48. The first-order chi connectivity index (χ1) is 12.9. The Bertz CT molecular complexity index is 880. The number of aryl methyl sites for hydroxylation is 1. The number of halogens is 1. The van der Waals surface area contributed by atoms with Crippen LogP contribution in [0.15, 0.2) is 30.3 Å². The SMILES string of the molecule is C[C@@H]1CCc2sc(C(=O)OCC(=O)NC(=O)Nc3ccccc3F)cc2C1. The summed E-state index contributed by atoms with van der Waals surface area (Å²) >= 11 is 1.39. The molecule has 27 heavy (non-hydrogen) atoms. The number of para-hydroxylation sites is 1. The fraction of sp³-hybridized carbons (Fsp3) is 0.316. The summed E-state index contributed by atoms with van der Waals surface area (Å²) in [5, 5.41) is 4.20. The Hall–Kier alpha value is -2.74. The zero-order valence-electron chi connectivity index (χ0n) is 14.7. The first kappa shape index (κ1) is 19.0. The van der Waals surface area contributed by atoms with Gasteiger partial charge in [0.05, 0.1) is 5.69 Å². The highest BCUT2D eigenvalue weighted by atomic mass is 32.1. The summed E-state index contributed by atoms with van der Waals surface area (Å²) in [6.07, 6.45) is 2.99. The second-order valence-corrected chi connectivity index (χ2v) is 7.60. The van der Waals surface area contributed by atoms with E-state index in [2.05, 4.69) is 12.2 Å². The lowest BCUT2D eigenvalue weighted by molar-refractivity contribution is -0.123. The van der Waals surface area contributed by atoms with Crippen LogP contribution in [0.4, 0.5) is 14.9 Å². The van der Waals surface area contributed by atoms with Crippen LogP contribution in [0.1, 0.15) is 33.5 Å². The van der Waals surface area contributed by atoms with Crippen LogP contribution in [0, 0.1) is 11.7 Å². The lowest BCUT2D eigenvalue weighted by atomic mass is 9.90. The van der Waals surface area contributed by atoms with Crippen molar-refractivity contribution in [2.24, 2.45) is 5.92 Å². The molecule has 142 valence electrons. The number of ether oxygens (including phenoxy) is 1. The zero-order chi connectivity index (χ0) is 19.4. The van der Waals surface area contributed by atoms with Gasteiger partial charge in [-0.25, -0.2) is 14.0 Å². The van der Waals surface area contributed by atoms with Gasteiger partial charge in [-0.15, -0.1) is 11.3 Å². The van der Waals surface area contributed by atoms with Crippen molar-refractivity contribution in [3.8, 4) is 0 Å². The number of esters is 1. The molecule has 1 atom stereocenters. The molecule has 1 heterocycles. The van der Waals surface area contributed by atoms with Crippen LogP contribution < -0.4 is 10.6 Å². The summed E-state index contributed by atoms with van der Waals surface area (Å²) in [4.78, 5) is 37.2. The molecule has 1 aromatic heterocycles. The first-order valence-corrected chi connectivity index (χ1v) is 9.38. The summed E-state index contributed by atoms with van der Waals surface area (Å²) in [5.41, 5.74) is 1.11. The molecular weight excluding hydrogens is 371 g/mol. The number of carbonyl (C=O) groups is 3. The third-order valence-electron chi connectivity index (χ3n) is 4.24. The molecule has 1 aromatic carbocycles. The van der Waals surface area contributed by atoms with Crippen molar-refractivity contribution in [2.75, 3.05) is 11.9 Å². The zero-order valence-corrected chi connectivity index (χ0v) is 15.5. The molecule has 1 aliphatic rings. The number of carbonyl (C=O) groups excluding carboxylic acids is 3. The van der Waals surface area contributed by atoms with Crippen molar-refractivity contribution in [2.45, 2.75) is 26.2 Å². The Labute approximate surface area is 159 Å². The Kier molecular flexibility index (Phi) is 5.85. The first-order valence-electron chi connectivity index (χ1n) is 8.56. The van der Waals surface area contributed by atoms with Crippen molar-refractivity contribution in [3.63, 3.8) is 0 Å². The third kappa shape index (κ3) is 4.91. The molecule has 6 nitrogen and oxygen atoms in total. The average Bonchev–Trinajstić information content (AvgIpc) is 3.04. The van der Waals surface area contributed by atoms with Gasteiger partial charge in [-0.3, -0.25) is 10.1 Å². The maximum atomic E-state index is 13.5. The molecule has 0 aliphatic heterocycles. The Morgan fingerprint density at radius 1 is 1.30 bits per heavy atom. The van der Waals surface area contributed by atoms with Crippen LogP contribution in [0.3, 0.4) is 0 Å². The van der Waals surface area contributed by atoms with Crippen molar-refractivity contribution in [1.29, 1.82) is 0 Å². The number of hydrogen-bond acceptors (Lipinski definition) is 5. The number of thiophene rings is 1. The van der Waals surface area contributed by atoms with E-state index in [-0.39, 0.29) is 5.69 Å². The van der Waals surface area contributed by atoms with E-state index >= 15 is 0 Å². The fourth-order valence-corrected chi connectivity index (χ4v) is 3.99. The largest absolute Gasteiger partial charge is 0.451 e. The lowest BCUT2D eigenvalue weighted by Gasteiger charge is -2.16. The second-order valence-electron chi connectivity index (χ2n) is 6.47. The third-order valence-corrected chi connectivity index (χ3v) is 5.46.